The van der Waals surface area contributed by atoms with Crippen LogP contribution in [0.15, 0.2) is 0 Å². The van der Waals surface area contributed by atoms with E-state index in [-0.39, 0.29) is 0 Å². The van der Waals surface area contributed by atoms with Gasteiger partial charge in [0, 0.05) is 21.3 Å². The van der Waals surface area contributed by atoms with E-state index in [1.165, 1.54) is 63.5 Å². The molecule has 0 fully saturated rings. The lowest BCUT2D eigenvalue weighted by Crippen LogP contribution is -2.52. The Morgan fingerprint density at radius 3 is 1.59 bits per heavy atom. The van der Waals surface area contributed by atoms with Crippen molar-refractivity contribution in [1.29, 1.82) is 0 Å². The molecular formula is C17H38O3SSi. The molecule has 0 amide bonds. The molecule has 0 aromatic carbocycles. The first-order valence-electron chi connectivity index (χ1n) is 8.97. The Morgan fingerprint density at radius 1 is 0.727 bits per heavy atom. The lowest BCUT2D eigenvalue weighted by molar-refractivity contribution is 0.121. The number of unbranched alkanes of at least 4 members (excludes halogenated alkanes) is 8. The third-order valence-electron chi connectivity index (χ3n) is 4.19. The van der Waals surface area contributed by atoms with Gasteiger partial charge in [0.25, 0.3) is 0 Å². The molecule has 0 aliphatic heterocycles. The summed E-state index contributed by atoms with van der Waals surface area (Å²) in [5, 5.41) is 0. The van der Waals surface area contributed by atoms with Crippen molar-refractivity contribution in [2.45, 2.75) is 82.9 Å². The Morgan fingerprint density at radius 2 is 1.18 bits per heavy atom. The molecule has 0 radical (unpaired) electrons. The van der Waals surface area contributed by atoms with E-state index < -0.39 is 8.80 Å². The van der Waals surface area contributed by atoms with E-state index in [9.17, 15) is 0 Å². The second kappa shape index (κ2) is 15.0. The van der Waals surface area contributed by atoms with Crippen LogP contribution in [-0.2, 0) is 13.3 Å². The summed E-state index contributed by atoms with van der Waals surface area (Å²) < 4.78 is 16.8. The standard InChI is InChI=1S/C17H38O3SSi/c1-6-8-9-10-11-12-13-14-15-16-21-17(7-2)22(18-3,19-4)20-5/h17H,6-16H2,1-5H3. The van der Waals surface area contributed by atoms with Crippen LogP contribution in [0.3, 0.4) is 0 Å². The first kappa shape index (κ1) is 22.4. The van der Waals surface area contributed by atoms with Crippen molar-refractivity contribution < 1.29 is 13.3 Å². The van der Waals surface area contributed by atoms with Crippen LogP contribution in [0.4, 0.5) is 0 Å². The van der Waals surface area contributed by atoms with Crippen LogP contribution in [0.5, 0.6) is 0 Å². The van der Waals surface area contributed by atoms with Crippen LogP contribution >= 0.6 is 11.8 Å². The Hall–Kier alpha value is 0.447. The molecule has 1 atom stereocenters. The number of hydrogen-bond donors (Lipinski definition) is 0. The molecule has 0 heterocycles. The zero-order valence-corrected chi connectivity index (χ0v) is 17.3. The van der Waals surface area contributed by atoms with Crippen LogP contribution < -0.4 is 0 Å². The summed E-state index contributed by atoms with van der Waals surface area (Å²) in [5.41, 5.74) is 0. The van der Waals surface area contributed by atoms with Gasteiger partial charge in [-0.2, -0.15) is 11.8 Å². The normalized spacial score (nSPS) is 13.5. The van der Waals surface area contributed by atoms with Crippen molar-refractivity contribution in [3.63, 3.8) is 0 Å². The van der Waals surface area contributed by atoms with Gasteiger partial charge < -0.3 is 13.3 Å². The molecule has 0 rings (SSSR count). The minimum absolute atomic E-state index is 0.349. The highest BCUT2D eigenvalue weighted by Crippen LogP contribution is 2.28. The number of rotatable bonds is 16. The third-order valence-corrected chi connectivity index (χ3v) is 9.72. The van der Waals surface area contributed by atoms with Gasteiger partial charge in [-0.15, -0.1) is 0 Å². The molecule has 0 spiro atoms. The maximum absolute atomic E-state index is 5.61. The molecular weight excluding hydrogens is 312 g/mol. The second-order valence-corrected chi connectivity index (χ2v) is 10.7. The number of thioether (sulfide) groups is 1. The van der Waals surface area contributed by atoms with Crippen molar-refractivity contribution in [3.05, 3.63) is 0 Å². The highest BCUT2D eigenvalue weighted by Gasteiger charge is 2.46. The topological polar surface area (TPSA) is 27.7 Å². The summed E-state index contributed by atoms with van der Waals surface area (Å²) in [6, 6.07) is 0. The Balaban J connectivity index is 3.71. The van der Waals surface area contributed by atoms with Crippen molar-refractivity contribution in [3.8, 4) is 0 Å². The molecule has 0 aromatic rings. The molecule has 0 bridgehead atoms. The average Bonchev–Trinajstić information content (AvgIpc) is 2.56. The van der Waals surface area contributed by atoms with E-state index in [4.69, 9.17) is 13.3 Å². The molecule has 0 saturated carbocycles. The molecule has 22 heavy (non-hydrogen) atoms. The minimum atomic E-state index is -2.48. The predicted octanol–water partition coefficient (Wildman–Crippen LogP) is 5.45. The summed E-state index contributed by atoms with van der Waals surface area (Å²) in [5.74, 6) is 1.18. The largest absolute Gasteiger partial charge is 0.513 e. The second-order valence-electron chi connectivity index (χ2n) is 5.81. The van der Waals surface area contributed by atoms with E-state index >= 15 is 0 Å². The van der Waals surface area contributed by atoms with Gasteiger partial charge >= 0.3 is 8.80 Å². The molecule has 0 aliphatic rings. The average molecular weight is 351 g/mol. The van der Waals surface area contributed by atoms with Crippen LogP contribution in [-0.4, -0.2) is 40.8 Å². The molecule has 134 valence electrons. The maximum Gasteiger partial charge on any atom is 0.513 e. The smallest absolute Gasteiger partial charge is 0.376 e. The van der Waals surface area contributed by atoms with E-state index in [1.54, 1.807) is 21.3 Å². The highest BCUT2D eigenvalue weighted by atomic mass is 32.2. The summed E-state index contributed by atoms with van der Waals surface area (Å²) in [6.45, 7) is 4.46. The minimum Gasteiger partial charge on any atom is -0.376 e. The Labute approximate surface area is 144 Å². The first-order valence-corrected chi connectivity index (χ1v) is 11.8. The van der Waals surface area contributed by atoms with Gasteiger partial charge in [-0.05, 0) is 18.6 Å². The third kappa shape index (κ3) is 8.92. The predicted molar refractivity (Wildman–Crippen MR) is 101 cm³/mol. The fourth-order valence-corrected chi connectivity index (χ4v) is 7.47. The molecule has 1 unspecified atom stereocenters. The van der Waals surface area contributed by atoms with Gasteiger partial charge in [0.2, 0.25) is 0 Å². The molecule has 0 N–H and O–H groups in total. The van der Waals surface area contributed by atoms with Crippen molar-refractivity contribution in [2.24, 2.45) is 0 Å². The summed E-state index contributed by atoms with van der Waals surface area (Å²) in [6.07, 6.45) is 13.4. The van der Waals surface area contributed by atoms with E-state index in [0.717, 1.165) is 6.42 Å². The molecule has 0 aliphatic carbocycles. The van der Waals surface area contributed by atoms with Gasteiger partial charge in [-0.3, -0.25) is 0 Å². The van der Waals surface area contributed by atoms with Crippen molar-refractivity contribution in [2.75, 3.05) is 27.1 Å². The fourth-order valence-electron chi connectivity index (χ4n) is 2.75. The monoisotopic (exact) mass is 350 g/mol. The van der Waals surface area contributed by atoms with Gasteiger partial charge in [0.15, 0.2) is 0 Å². The van der Waals surface area contributed by atoms with E-state index in [0.29, 0.717) is 4.87 Å². The van der Waals surface area contributed by atoms with E-state index in [1.807, 2.05) is 11.8 Å². The summed E-state index contributed by atoms with van der Waals surface area (Å²) in [7, 11) is 2.65. The Bertz CT molecular complexity index is 230. The number of hydrogen-bond acceptors (Lipinski definition) is 4. The molecule has 0 aromatic heterocycles. The first-order chi connectivity index (χ1) is 10.7. The van der Waals surface area contributed by atoms with Crippen LogP contribution in [0.1, 0.15) is 78.1 Å². The summed E-state index contributed by atoms with van der Waals surface area (Å²) in [4.78, 5) is 0.349. The maximum atomic E-state index is 5.61. The zero-order chi connectivity index (χ0) is 16.7. The van der Waals surface area contributed by atoms with Crippen LogP contribution in [0.2, 0.25) is 0 Å². The van der Waals surface area contributed by atoms with Gasteiger partial charge in [-0.25, -0.2) is 0 Å². The fraction of sp³-hybridized carbons (Fsp3) is 1.00. The lowest BCUT2D eigenvalue weighted by Gasteiger charge is -2.31. The quantitative estimate of drug-likeness (QED) is 0.273. The van der Waals surface area contributed by atoms with E-state index in [2.05, 4.69) is 13.8 Å². The van der Waals surface area contributed by atoms with Crippen molar-refractivity contribution in [1.82, 2.24) is 0 Å². The van der Waals surface area contributed by atoms with Gasteiger partial charge in [0.05, 0.1) is 4.87 Å². The van der Waals surface area contributed by atoms with Crippen LogP contribution in [0, 0.1) is 0 Å². The Kier molecular flexibility index (Phi) is 15.3. The molecule has 0 saturated heterocycles. The van der Waals surface area contributed by atoms with Gasteiger partial charge in [-0.1, -0.05) is 65.2 Å². The zero-order valence-electron chi connectivity index (χ0n) is 15.5. The summed E-state index contributed by atoms with van der Waals surface area (Å²) >= 11 is 1.96. The SMILES string of the molecule is CCCCCCCCCCCSC(CC)[Si](OC)(OC)OC. The molecule has 5 heteroatoms. The van der Waals surface area contributed by atoms with Crippen molar-refractivity contribution >= 4 is 20.6 Å². The highest BCUT2D eigenvalue weighted by molar-refractivity contribution is 8.01. The van der Waals surface area contributed by atoms with Crippen LogP contribution in [0.25, 0.3) is 0 Å². The molecule has 3 nitrogen and oxygen atoms in total. The lowest BCUT2D eigenvalue weighted by atomic mass is 10.1. The van der Waals surface area contributed by atoms with Gasteiger partial charge in [0.1, 0.15) is 0 Å².